The van der Waals surface area contributed by atoms with Crippen LogP contribution in [0.2, 0.25) is 0 Å². The van der Waals surface area contributed by atoms with Crippen LogP contribution in [0.3, 0.4) is 0 Å². The molecule has 1 fully saturated rings. The maximum atomic E-state index is 2.39. The fourth-order valence-electron chi connectivity index (χ4n) is 3.41. The molecule has 1 saturated carbocycles. The predicted octanol–water partition coefficient (Wildman–Crippen LogP) is 5.28. The summed E-state index contributed by atoms with van der Waals surface area (Å²) in [5, 5.41) is 0. The van der Waals surface area contributed by atoms with E-state index in [2.05, 4.69) is 52.0 Å². The number of rotatable bonds is 3. The van der Waals surface area contributed by atoms with Gasteiger partial charge in [-0.3, -0.25) is 0 Å². The van der Waals surface area contributed by atoms with Gasteiger partial charge in [0.2, 0.25) is 0 Å². The van der Waals surface area contributed by atoms with Gasteiger partial charge in [0.15, 0.2) is 0 Å². The van der Waals surface area contributed by atoms with E-state index in [1.807, 2.05) is 0 Å². The summed E-state index contributed by atoms with van der Waals surface area (Å²) in [7, 11) is 0. The molecule has 0 N–H and O–H groups in total. The first kappa shape index (κ1) is 12.7. The van der Waals surface area contributed by atoms with Crippen molar-refractivity contribution in [1.82, 2.24) is 0 Å². The van der Waals surface area contributed by atoms with Crippen LogP contribution < -0.4 is 0 Å². The van der Waals surface area contributed by atoms with E-state index in [0.29, 0.717) is 11.3 Å². The Morgan fingerprint density at radius 2 is 1.41 bits per heavy atom. The minimum Gasteiger partial charge on any atom is -0.0619 e. The van der Waals surface area contributed by atoms with Crippen molar-refractivity contribution in [3.8, 4) is 0 Å². The zero-order valence-electron chi connectivity index (χ0n) is 11.8. The van der Waals surface area contributed by atoms with E-state index < -0.39 is 0 Å². The molecule has 0 saturated heterocycles. The second-order valence-electron chi connectivity index (χ2n) is 6.29. The average Bonchev–Trinajstić information content (AvgIpc) is 2.79. The number of benzene rings is 1. The Kier molecular flexibility index (Phi) is 3.61. The van der Waals surface area contributed by atoms with Crippen LogP contribution in [0.1, 0.15) is 70.4 Å². The third-order valence-electron chi connectivity index (χ3n) is 4.75. The molecule has 0 nitrogen and oxygen atoms in total. The lowest BCUT2D eigenvalue weighted by Gasteiger charge is -2.34. The van der Waals surface area contributed by atoms with E-state index in [9.17, 15) is 0 Å². The molecule has 0 heterocycles. The Labute approximate surface area is 106 Å². The first-order chi connectivity index (χ1) is 8.06. The van der Waals surface area contributed by atoms with Crippen LogP contribution in [0.15, 0.2) is 24.3 Å². The minimum atomic E-state index is 0.468. The SMILES string of the molecule is CC(C)c1ccc(C2(C(C)C)CCCC2)cc1. The predicted molar refractivity (Wildman–Crippen MR) is 75.5 cm³/mol. The summed E-state index contributed by atoms with van der Waals surface area (Å²) >= 11 is 0. The molecule has 1 aromatic rings. The summed E-state index contributed by atoms with van der Waals surface area (Å²) in [5.74, 6) is 1.40. The molecule has 0 atom stereocenters. The van der Waals surface area contributed by atoms with Gasteiger partial charge in [-0.15, -0.1) is 0 Å². The highest BCUT2D eigenvalue weighted by atomic mass is 14.4. The van der Waals surface area contributed by atoms with Gasteiger partial charge < -0.3 is 0 Å². The molecule has 1 aliphatic rings. The largest absolute Gasteiger partial charge is 0.0619 e. The fraction of sp³-hybridized carbons (Fsp3) is 0.647. The molecular weight excluding hydrogens is 204 g/mol. The lowest BCUT2D eigenvalue weighted by atomic mass is 9.70. The first-order valence-corrected chi connectivity index (χ1v) is 7.17. The molecule has 0 spiro atoms. The van der Waals surface area contributed by atoms with Crippen LogP contribution in [-0.2, 0) is 5.41 Å². The van der Waals surface area contributed by atoms with Gasteiger partial charge in [0.1, 0.15) is 0 Å². The second-order valence-corrected chi connectivity index (χ2v) is 6.29. The summed E-state index contributed by atoms with van der Waals surface area (Å²) in [6, 6.07) is 9.45. The Morgan fingerprint density at radius 3 is 1.82 bits per heavy atom. The Balaban J connectivity index is 2.31. The third kappa shape index (κ3) is 2.27. The van der Waals surface area contributed by atoms with Crippen molar-refractivity contribution >= 4 is 0 Å². The van der Waals surface area contributed by atoms with Crippen LogP contribution in [0.4, 0.5) is 0 Å². The summed E-state index contributed by atoms with van der Waals surface area (Å²) in [6.07, 6.45) is 5.58. The van der Waals surface area contributed by atoms with E-state index in [-0.39, 0.29) is 0 Å². The van der Waals surface area contributed by atoms with Crippen LogP contribution >= 0.6 is 0 Å². The highest BCUT2D eigenvalue weighted by molar-refractivity contribution is 5.32. The molecule has 1 aromatic carbocycles. The third-order valence-corrected chi connectivity index (χ3v) is 4.75. The van der Waals surface area contributed by atoms with Gasteiger partial charge in [-0.05, 0) is 41.2 Å². The quantitative estimate of drug-likeness (QED) is 0.663. The minimum absolute atomic E-state index is 0.468. The van der Waals surface area contributed by atoms with Crippen LogP contribution in [0, 0.1) is 5.92 Å². The van der Waals surface area contributed by atoms with Gasteiger partial charge in [-0.25, -0.2) is 0 Å². The Hall–Kier alpha value is -0.780. The molecule has 94 valence electrons. The van der Waals surface area contributed by atoms with Gasteiger partial charge >= 0.3 is 0 Å². The summed E-state index contributed by atoms with van der Waals surface area (Å²) < 4.78 is 0. The van der Waals surface area contributed by atoms with E-state index in [1.54, 1.807) is 5.56 Å². The molecule has 17 heavy (non-hydrogen) atoms. The molecule has 1 aliphatic carbocycles. The average molecular weight is 230 g/mol. The second kappa shape index (κ2) is 4.84. The van der Waals surface area contributed by atoms with Gasteiger partial charge in [-0.1, -0.05) is 64.8 Å². The van der Waals surface area contributed by atoms with Crippen molar-refractivity contribution in [2.75, 3.05) is 0 Å². The van der Waals surface area contributed by atoms with Gasteiger partial charge in [0.05, 0.1) is 0 Å². The highest BCUT2D eigenvalue weighted by Crippen LogP contribution is 2.46. The lowest BCUT2D eigenvalue weighted by molar-refractivity contribution is 0.314. The topological polar surface area (TPSA) is 0 Å². The van der Waals surface area contributed by atoms with E-state index >= 15 is 0 Å². The molecule has 0 aliphatic heterocycles. The monoisotopic (exact) mass is 230 g/mol. The zero-order valence-corrected chi connectivity index (χ0v) is 11.8. The molecule has 0 bridgehead atoms. The molecule has 0 aromatic heterocycles. The zero-order chi connectivity index (χ0) is 12.5. The van der Waals surface area contributed by atoms with E-state index in [4.69, 9.17) is 0 Å². The van der Waals surface area contributed by atoms with Gasteiger partial charge in [0.25, 0.3) is 0 Å². The Morgan fingerprint density at radius 1 is 0.882 bits per heavy atom. The maximum Gasteiger partial charge on any atom is -0.00240 e. The van der Waals surface area contributed by atoms with Gasteiger partial charge in [-0.2, -0.15) is 0 Å². The molecule has 0 unspecified atom stereocenters. The summed E-state index contributed by atoms with van der Waals surface area (Å²) in [4.78, 5) is 0. The van der Waals surface area contributed by atoms with Crippen molar-refractivity contribution in [2.45, 2.75) is 64.7 Å². The molecule has 0 radical (unpaired) electrons. The molecule has 2 rings (SSSR count). The van der Waals surface area contributed by atoms with Crippen molar-refractivity contribution in [1.29, 1.82) is 0 Å². The lowest BCUT2D eigenvalue weighted by Crippen LogP contribution is -2.28. The van der Waals surface area contributed by atoms with E-state index in [1.165, 1.54) is 31.2 Å². The van der Waals surface area contributed by atoms with Crippen LogP contribution in [0.25, 0.3) is 0 Å². The smallest absolute Gasteiger partial charge is 0.00240 e. The van der Waals surface area contributed by atoms with Gasteiger partial charge in [0, 0.05) is 0 Å². The van der Waals surface area contributed by atoms with E-state index in [0.717, 1.165) is 5.92 Å². The summed E-state index contributed by atoms with van der Waals surface area (Å²) in [6.45, 7) is 9.31. The normalized spacial score (nSPS) is 19.2. The van der Waals surface area contributed by atoms with Crippen molar-refractivity contribution in [2.24, 2.45) is 5.92 Å². The summed E-state index contributed by atoms with van der Waals surface area (Å²) in [5.41, 5.74) is 3.51. The van der Waals surface area contributed by atoms with Crippen molar-refractivity contribution < 1.29 is 0 Å². The highest BCUT2D eigenvalue weighted by Gasteiger charge is 2.38. The van der Waals surface area contributed by atoms with Crippen molar-refractivity contribution in [3.63, 3.8) is 0 Å². The van der Waals surface area contributed by atoms with Crippen LogP contribution in [0.5, 0.6) is 0 Å². The van der Waals surface area contributed by atoms with Crippen LogP contribution in [-0.4, -0.2) is 0 Å². The van der Waals surface area contributed by atoms with Crippen molar-refractivity contribution in [3.05, 3.63) is 35.4 Å². The number of hydrogen-bond acceptors (Lipinski definition) is 0. The molecular formula is C17H26. The Bertz CT molecular complexity index is 350. The standard InChI is InChI=1S/C17H26/c1-13(2)15-7-9-16(10-8-15)17(14(3)4)11-5-6-12-17/h7-10,13-14H,5-6,11-12H2,1-4H3. The molecule has 0 amide bonds. The fourth-order valence-corrected chi connectivity index (χ4v) is 3.41. The number of hydrogen-bond donors (Lipinski definition) is 0. The first-order valence-electron chi connectivity index (χ1n) is 7.17. The maximum absolute atomic E-state index is 2.39. The molecule has 0 heteroatoms.